The number of carbonyl (C=O) groups is 1. The normalized spacial score (nSPS) is 14.6. The van der Waals surface area contributed by atoms with Gasteiger partial charge in [0.1, 0.15) is 4.83 Å². The topological polar surface area (TPSA) is 64.0 Å². The molecule has 1 aliphatic rings. The Morgan fingerprint density at radius 2 is 2.04 bits per heavy atom. The fourth-order valence-corrected chi connectivity index (χ4v) is 5.71. The SMILES string of the molecule is C[C@@H](Sc1nc2sc3c(c2c(=O)n1C)CCCC3)C(=O)NCc1ccccc1. The molecule has 5 nitrogen and oxygen atoms in total. The Morgan fingerprint density at radius 3 is 2.82 bits per heavy atom. The van der Waals surface area contributed by atoms with Crippen LogP contribution in [0.4, 0.5) is 0 Å². The lowest BCUT2D eigenvalue weighted by atomic mass is 9.97. The molecule has 3 aromatic rings. The number of benzene rings is 1. The monoisotopic (exact) mass is 413 g/mol. The molecule has 1 aromatic carbocycles. The maximum absolute atomic E-state index is 13.0. The van der Waals surface area contributed by atoms with E-state index in [1.165, 1.54) is 28.6 Å². The van der Waals surface area contributed by atoms with Crippen LogP contribution in [0.2, 0.25) is 0 Å². The summed E-state index contributed by atoms with van der Waals surface area (Å²) in [6, 6.07) is 9.82. The van der Waals surface area contributed by atoms with E-state index >= 15 is 0 Å². The van der Waals surface area contributed by atoms with Gasteiger partial charge in [0, 0.05) is 18.5 Å². The van der Waals surface area contributed by atoms with Crippen LogP contribution in [0.1, 0.15) is 35.8 Å². The summed E-state index contributed by atoms with van der Waals surface area (Å²) in [6.45, 7) is 2.34. The Balaban J connectivity index is 1.53. The zero-order chi connectivity index (χ0) is 19.7. The molecule has 1 amide bonds. The maximum atomic E-state index is 13.0. The number of thiophene rings is 1. The highest BCUT2D eigenvalue weighted by Crippen LogP contribution is 2.34. The molecule has 7 heteroatoms. The smallest absolute Gasteiger partial charge is 0.262 e. The lowest BCUT2D eigenvalue weighted by molar-refractivity contribution is -0.120. The van der Waals surface area contributed by atoms with Gasteiger partial charge in [-0.3, -0.25) is 14.2 Å². The Hall–Kier alpha value is -2.12. The minimum Gasteiger partial charge on any atom is -0.351 e. The maximum Gasteiger partial charge on any atom is 0.262 e. The second-order valence-electron chi connectivity index (χ2n) is 7.11. The largest absolute Gasteiger partial charge is 0.351 e. The minimum absolute atomic E-state index is 0.00351. The van der Waals surface area contributed by atoms with Crippen LogP contribution in [0.15, 0.2) is 40.3 Å². The molecule has 0 saturated carbocycles. The highest BCUT2D eigenvalue weighted by molar-refractivity contribution is 8.00. The van der Waals surface area contributed by atoms with Crippen molar-refractivity contribution in [3.05, 3.63) is 56.7 Å². The van der Waals surface area contributed by atoms with Crippen molar-refractivity contribution in [2.24, 2.45) is 7.05 Å². The summed E-state index contributed by atoms with van der Waals surface area (Å²) in [6.07, 6.45) is 4.33. The van der Waals surface area contributed by atoms with E-state index < -0.39 is 0 Å². The molecule has 146 valence electrons. The third-order valence-corrected chi connectivity index (χ3v) is 7.45. The summed E-state index contributed by atoms with van der Waals surface area (Å²) in [5.74, 6) is -0.0614. The fourth-order valence-electron chi connectivity index (χ4n) is 3.51. The summed E-state index contributed by atoms with van der Waals surface area (Å²) in [5, 5.41) is 4.00. The summed E-state index contributed by atoms with van der Waals surface area (Å²) in [5.41, 5.74) is 2.26. The van der Waals surface area contributed by atoms with E-state index in [0.717, 1.165) is 35.0 Å². The number of carbonyl (C=O) groups excluding carboxylic acids is 1. The van der Waals surface area contributed by atoms with Crippen molar-refractivity contribution in [1.29, 1.82) is 0 Å². The van der Waals surface area contributed by atoms with Crippen LogP contribution >= 0.6 is 23.1 Å². The van der Waals surface area contributed by atoms with Crippen molar-refractivity contribution in [2.75, 3.05) is 0 Å². The molecule has 2 heterocycles. The molecule has 0 bridgehead atoms. The number of aromatic nitrogens is 2. The van der Waals surface area contributed by atoms with Crippen molar-refractivity contribution in [3.8, 4) is 0 Å². The van der Waals surface area contributed by atoms with Gasteiger partial charge in [-0.15, -0.1) is 11.3 Å². The molecule has 0 saturated heterocycles. The molecule has 1 atom stereocenters. The Bertz CT molecular complexity index is 1070. The number of aryl methyl sites for hydroxylation is 2. The van der Waals surface area contributed by atoms with Crippen molar-refractivity contribution in [2.45, 2.75) is 49.6 Å². The minimum atomic E-state index is -0.339. The number of fused-ring (bicyclic) bond motifs is 3. The Labute approximate surface area is 172 Å². The number of rotatable bonds is 5. The zero-order valence-corrected chi connectivity index (χ0v) is 17.7. The van der Waals surface area contributed by atoms with Gasteiger partial charge < -0.3 is 5.32 Å². The summed E-state index contributed by atoms with van der Waals surface area (Å²) in [7, 11) is 1.75. The number of amides is 1. The van der Waals surface area contributed by atoms with Crippen molar-refractivity contribution >= 4 is 39.2 Å². The van der Waals surface area contributed by atoms with Gasteiger partial charge >= 0.3 is 0 Å². The first-order chi connectivity index (χ1) is 13.5. The number of thioether (sulfide) groups is 1. The van der Waals surface area contributed by atoms with Gasteiger partial charge in [-0.25, -0.2) is 4.98 Å². The van der Waals surface area contributed by atoms with Crippen molar-refractivity contribution < 1.29 is 4.79 Å². The molecule has 0 fully saturated rings. The van der Waals surface area contributed by atoms with Gasteiger partial charge in [-0.1, -0.05) is 42.1 Å². The van der Waals surface area contributed by atoms with Crippen LogP contribution in [0.5, 0.6) is 0 Å². The first-order valence-electron chi connectivity index (χ1n) is 9.54. The van der Waals surface area contributed by atoms with E-state index in [4.69, 9.17) is 4.98 Å². The molecule has 0 aliphatic heterocycles. The predicted octanol–water partition coefficient (Wildman–Crippen LogP) is 3.67. The zero-order valence-electron chi connectivity index (χ0n) is 16.0. The molecule has 1 aliphatic carbocycles. The molecule has 0 unspecified atom stereocenters. The quantitative estimate of drug-likeness (QED) is 0.512. The second-order valence-corrected chi connectivity index (χ2v) is 9.50. The van der Waals surface area contributed by atoms with Gasteiger partial charge in [-0.05, 0) is 43.7 Å². The first kappa shape index (κ1) is 19.2. The summed E-state index contributed by atoms with van der Waals surface area (Å²) in [4.78, 5) is 32.3. The third-order valence-electron chi connectivity index (χ3n) is 5.12. The average molecular weight is 414 g/mol. The van der Waals surface area contributed by atoms with Crippen LogP contribution in [0, 0.1) is 0 Å². The molecular formula is C21H23N3O2S2. The van der Waals surface area contributed by atoms with E-state index in [-0.39, 0.29) is 16.7 Å². The van der Waals surface area contributed by atoms with Crippen LogP contribution in [-0.4, -0.2) is 20.7 Å². The molecular weight excluding hydrogens is 390 g/mol. The summed E-state index contributed by atoms with van der Waals surface area (Å²) >= 11 is 2.98. The average Bonchev–Trinajstić information content (AvgIpc) is 3.09. The highest BCUT2D eigenvalue weighted by Gasteiger charge is 2.23. The van der Waals surface area contributed by atoms with E-state index in [1.807, 2.05) is 37.3 Å². The molecule has 1 N–H and O–H groups in total. The third kappa shape index (κ3) is 3.73. The van der Waals surface area contributed by atoms with Gasteiger partial charge in [0.05, 0.1) is 10.6 Å². The van der Waals surface area contributed by atoms with E-state index in [9.17, 15) is 9.59 Å². The van der Waals surface area contributed by atoms with E-state index in [0.29, 0.717) is 11.7 Å². The number of hydrogen-bond acceptors (Lipinski definition) is 5. The highest BCUT2D eigenvalue weighted by atomic mass is 32.2. The van der Waals surface area contributed by atoms with Gasteiger partial charge in [-0.2, -0.15) is 0 Å². The van der Waals surface area contributed by atoms with Crippen LogP contribution in [-0.2, 0) is 31.2 Å². The lowest BCUT2D eigenvalue weighted by Crippen LogP contribution is -2.31. The second kappa shape index (κ2) is 8.09. The molecule has 4 rings (SSSR count). The Morgan fingerprint density at radius 1 is 1.29 bits per heavy atom. The van der Waals surface area contributed by atoms with E-state index in [2.05, 4.69) is 5.32 Å². The van der Waals surface area contributed by atoms with Crippen LogP contribution in [0.3, 0.4) is 0 Å². The first-order valence-corrected chi connectivity index (χ1v) is 11.2. The number of nitrogens with zero attached hydrogens (tertiary/aromatic N) is 2. The molecule has 28 heavy (non-hydrogen) atoms. The standard InChI is InChI=1S/C21H23N3O2S2/c1-13(18(25)22-12-14-8-4-3-5-9-14)27-21-23-19-17(20(26)24(21)2)15-10-6-7-11-16(15)28-19/h3-5,8-9,13H,6-7,10-12H2,1-2H3,(H,22,25)/t13-/m1/s1. The summed E-state index contributed by atoms with van der Waals surface area (Å²) < 4.78 is 1.59. The molecule has 2 aromatic heterocycles. The van der Waals surface area contributed by atoms with Crippen molar-refractivity contribution in [3.63, 3.8) is 0 Å². The number of nitrogens with one attached hydrogen (secondary N) is 1. The number of hydrogen-bond donors (Lipinski definition) is 1. The van der Waals surface area contributed by atoms with E-state index in [1.54, 1.807) is 23.0 Å². The van der Waals surface area contributed by atoms with Crippen molar-refractivity contribution in [1.82, 2.24) is 14.9 Å². The van der Waals surface area contributed by atoms with Gasteiger partial charge in [0.15, 0.2) is 5.16 Å². The van der Waals surface area contributed by atoms with Crippen LogP contribution < -0.4 is 10.9 Å². The molecule has 0 radical (unpaired) electrons. The fraction of sp³-hybridized carbons (Fsp3) is 0.381. The Kier molecular flexibility index (Phi) is 5.55. The lowest BCUT2D eigenvalue weighted by Gasteiger charge is -2.14. The molecule has 0 spiro atoms. The van der Waals surface area contributed by atoms with Gasteiger partial charge in [0.25, 0.3) is 5.56 Å². The van der Waals surface area contributed by atoms with Crippen LogP contribution in [0.25, 0.3) is 10.2 Å². The van der Waals surface area contributed by atoms with Gasteiger partial charge in [0.2, 0.25) is 5.91 Å². The predicted molar refractivity (Wildman–Crippen MR) is 115 cm³/mol.